The van der Waals surface area contributed by atoms with Gasteiger partial charge in [0.15, 0.2) is 0 Å². The van der Waals surface area contributed by atoms with Gasteiger partial charge in [0.25, 0.3) is 0 Å². The van der Waals surface area contributed by atoms with Crippen molar-refractivity contribution in [2.24, 2.45) is 0 Å². The number of rotatable bonds is 3. The summed E-state index contributed by atoms with van der Waals surface area (Å²) in [6, 6.07) is 5.11. The third-order valence-corrected chi connectivity index (χ3v) is 3.09. The molecule has 0 amide bonds. The minimum absolute atomic E-state index is 0.534. The van der Waals surface area contributed by atoms with E-state index in [1.54, 1.807) is 36.0 Å². The Bertz CT molecular complexity index is 643. The Morgan fingerprint density at radius 2 is 2.16 bits per heavy atom. The highest BCUT2D eigenvalue weighted by Gasteiger charge is 2.08. The van der Waals surface area contributed by atoms with Gasteiger partial charge in [-0.3, -0.25) is 0 Å². The van der Waals surface area contributed by atoms with Crippen LogP contribution in [0.2, 0.25) is 10.0 Å². The molecule has 0 aliphatic rings. The third kappa shape index (κ3) is 3.16. The fourth-order valence-corrected chi connectivity index (χ4v) is 1.88. The summed E-state index contributed by atoms with van der Waals surface area (Å²) in [5.41, 5.74) is 2.04. The first kappa shape index (κ1) is 13.6. The molecule has 0 fully saturated rings. The van der Waals surface area contributed by atoms with E-state index >= 15 is 0 Å². The van der Waals surface area contributed by atoms with Gasteiger partial charge in [0, 0.05) is 22.9 Å². The number of nitrogens with zero attached hydrogens (tertiary/aromatic N) is 2. The Morgan fingerprint density at radius 1 is 1.42 bits per heavy atom. The lowest BCUT2D eigenvalue weighted by Crippen LogP contribution is -1.98. The van der Waals surface area contributed by atoms with Gasteiger partial charge in [0.1, 0.15) is 0 Å². The van der Waals surface area contributed by atoms with E-state index < -0.39 is 5.97 Å². The summed E-state index contributed by atoms with van der Waals surface area (Å²) in [5, 5.41) is 14.0. The normalized spacial score (nSPS) is 11.1. The van der Waals surface area contributed by atoms with Crippen LogP contribution in [0, 0.1) is 6.92 Å². The molecule has 98 valence electrons. The van der Waals surface area contributed by atoms with Gasteiger partial charge < -0.3 is 5.11 Å². The van der Waals surface area contributed by atoms with Crippen molar-refractivity contribution < 1.29 is 9.90 Å². The number of benzene rings is 1. The molecule has 0 aliphatic heterocycles. The number of hydrogen-bond donors (Lipinski definition) is 1. The average molecular weight is 297 g/mol. The van der Waals surface area contributed by atoms with E-state index in [-0.39, 0.29) is 0 Å². The van der Waals surface area contributed by atoms with Crippen LogP contribution in [-0.2, 0) is 4.79 Å². The Balaban J connectivity index is 2.54. The van der Waals surface area contributed by atoms with Crippen LogP contribution in [0.3, 0.4) is 0 Å². The number of carboxylic acid groups (broad SMARTS) is 1. The maximum absolute atomic E-state index is 10.6. The van der Waals surface area contributed by atoms with E-state index in [1.165, 1.54) is 6.08 Å². The molecule has 19 heavy (non-hydrogen) atoms. The van der Waals surface area contributed by atoms with Gasteiger partial charge in [0.2, 0.25) is 0 Å². The molecule has 6 heteroatoms. The van der Waals surface area contributed by atoms with Crippen molar-refractivity contribution in [1.82, 2.24) is 9.78 Å². The molecule has 1 aromatic heterocycles. The fraction of sp³-hybridized carbons (Fsp3) is 0.0769. The second kappa shape index (κ2) is 5.47. The summed E-state index contributed by atoms with van der Waals surface area (Å²) in [6.07, 6.45) is 4.20. The molecule has 4 nitrogen and oxygen atoms in total. The van der Waals surface area contributed by atoms with Crippen molar-refractivity contribution in [3.8, 4) is 5.69 Å². The molecule has 0 unspecified atom stereocenters. The van der Waals surface area contributed by atoms with Crippen molar-refractivity contribution in [1.29, 1.82) is 0 Å². The number of aliphatic carboxylic acids is 1. The highest BCUT2D eigenvalue weighted by atomic mass is 35.5. The molecular weight excluding hydrogens is 287 g/mol. The van der Waals surface area contributed by atoms with Crippen LogP contribution in [0.25, 0.3) is 11.8 Å². The first-order valence-electron chi connectivity index (χ1n) is 5.40. The van der Waals surface area contributed by atoms with Crippen molar-refractivity contribution in [3.05, 3.63) is 51.8 Å². The number of aryl methyl sites for hydroxylation is 1. The van der Waals surface area contributed by atoms with Gasteiger partial charge in [-0.2, -0.15) is 5.10 Å². The molecular formula is C13H10Cl2N2O2. The van der Waals surface area contributed by atoms with E-state index in [4.69, 9.17) is 28.3 Å². The number of hydrogen-bond acceptors (Lipinski definition) is 2. The van der Waals surface area contributed by atoms with Crippen LogP contribution in [0.1, 0.15) is 11.3 Å². The van der Waals surface area contributed by atoms with Gasteiger partial charge in [0.05, 0.1) is 16.4 Å². The first-order chi connectivity index (χ1) is 8.97. The summed E-state index contributed by atoms with van der Waals surface area (Å²) >= 11 is 11.9. The Morgan fingerprint density at radius 3 is 2.74 bits per heavy atom. The molecule has 0 saturated carbocycles. The lowest BCUT2D eigenvalue weighted by molar-refractivity contribution is -0.131. The Kier molecular flexibility index (Phi) is 3.93. The lowest BCUT2D eigenvalue weighted by Gasteiger charge is -2.06. The fourth-order valence-electron chi connectivity index (χ4n) is 1.58. The lowest BCUT2D eigenvalue weighted by atomic mass is 10.1. The molecule has 1 aromatic carbocycles. The predicted octanol–water partition coefficient (Wildman–Crippen LogP) is 3.59. The molecule has 2 rings (SSSR count). The number of carboxylic acids is 1. The molecule has 1 heterocycles. The second-order valence-corrected chi connectivity index (χ2v) is 4.73. The standard InChI is InChI=1S/C13H10Cl2N2O2/c1-8-11(15)7-17(16-8)12-6-10(14)4-2-9(12)3-5-13(18)19/h2-7H,1H3,(H,18,19)/b5-3+. The van der Waals surface area contributed by atoms with Gasteiger partial charge in [-0.05, 0) is 25.1 Å². The predicted molar refractivity (Wildman–Crippen MR) is 75.0 cm³/mol. The molecule has 0 aliphatic carbocycles. The van der Waals surface area contributed by atoms with E-state index in [0.29, 0.717) is 27.0 Å². The molecule has 2 aromatic rings. The zero-order chi connectivity index (χ0) is 14.0. The molecule has 1 N–H and O–H groups in total. The molecule has 0 saturated heterocycles. The zero-order valence-electron chi connectivity index (χ0n) is 9.97. The topological polar surface area (TPSA) is 55.1 Å². The first-order valence-corrected chi connectivity index (χ1v) is 6.15. The molecule has 0 spiro atoms. The zero-order valence-corrected chi connectivity index (χ0v) is 11.5. The van der Waals surface area contributed by atoms with Crippen molar-refractivity contribution in [2.75, 3.05) is 0 Å². The summed E-state index contributed by atoms with van der Waals surface area (Å²) in [4.78, 5) is 10.6. The average Bonchev–Trinajstić information content (AvgIpc) is 2.68. The number of carbonyl (C=O) groups is 1. The quantitative estimate of drug-likeness (QED) is 0.881. The summed E-state index contributed by atoms with van der Waals surface area (Å²) in [6.45, 7) is 1.79. The maximum atomic E-state index is 10.6. The number of halogens is 2. The van der Waals surface area contributed by atoms with Crippen LogP contribution in [0.15, 0.2) is 30.5 Å². The third-order valence-electron chi connectivity index (χ3n) is 2.48. The van der Waals surface area contributed by atoms with Crippen molar-refractivity contribution >= 4 is 35.2 Å². The molecule has 0 atom stereocenters. The van der Waals surface area contributed by atoms with Crippen LogP contribution in [-0.4, -0.2) is 20.9 Å². The summed E-state index contributed by atoms with van der Waals surface area (Å²) < 4.78 is 1.57. The van der Waals surface area contributed by atoms with E-state index in [9.17, 15) is 4.79 Å². The van der Waals surface area contributed by atoms with Gasteiger partial charge >= 0.3 is 5.97 Å². The minimum Gasteiger partial charge on any atom is -0.478 e. The second-order valence-electron chi connectivity index (χ2n) is 3.88. The summed E-state index contributed by atoms with van der Waals surface area (Å²) in [7, 11) is 0. The van der Waals surface area contributed by atoms with E-state index in [2.05, 4.69) is 5.10 Å². The van der Waals surface area contributed by atoms with Crippen LogP contribution >= 0.6 is 23.2 Å². The molecule has 0 bridgehead atoms. The van der Waals surface area contributed by atoms with Gasteiger partial charge in [-0.1, -0.05) is 29.3 Å². The SMILES string of the molecule is Cc1nn(-c2cc(Cl)ccc2/C=C/C(=O)O)cc1Cl. The smallest absolute Gasteiger partial charge is 0.328 e. The Labute approximate surface area is 119 Å². The minimum atomic E-state index is -1.02. The van der Waals surface area contributed by atoms with Gasteiger partial charge in [-0.15, -0.1) is 0 Å². The monoisotopic (exact) mass is 296 g/mol. The Hall–Kier alpha value is -1.78. The van der Waals surface area contributed by atoms with Crippen molar-refractivity contribution in [2.45, 2.75) is 6.92 Å². The highest BCUT2D eigenvalue weighted by molar-refractivity contribution is 6.31. The number of aromatic nitrogens is 2. The van der Waals surface area contributed by atoms with E-state index in [1.807, 2.05) is 0 Å². The van der Waals surface area contributed by atoms with E-state index in [0.717, 1.165) is 6.08 Å². The molecule has 0 radical (unpaired) electrons. The summed E-state index contributed by atoms with van der Waals surface area (Å²) in [5.74, 6) is -1.02. The van der Waals surface area contributed by atoms with Crippen molar-refractivity contribution in [3.63, 3.8) is 0 Å². The largest absolute Gasteiger partial charge is 0.478 e. The van der Waals surface area contributed by atoms with Gasteiger partial charge in [-0.25, -0.2) is 9.48 Å². The highest BCUT2D eigenvalue weighted by Crippen LogP contribution is 2.23. The van der Waals surface area contributed by atoms with Crippen LogP contribution in [0.5, 0.6) is 0 Å². The maximum Gasteiger partial charge on any atom is 0.328 e. The van der Waals surface area contributed by atoms with Crippen LogP contribution < -0.4 is 0 Å². The van der Waals surface area contributed by atoms with Crippen LogP contribution in [0.4, 0.5) is 0 Å².